The molecule has 3 amide bonds. The summed E-state index contributed by atoms with van der Waals surface area (Å²) in [4.78, 5) is 33.4. The van der Waals surface area contributed by atoms with Crippen molar-refractivity contribution in [3.63, 3.8) is 0 Å². The van der Waals surface area contributed by atoms with E-state index in [9.17, 15) is 14.4 Å². The van der Waals surface area contributed by atoms with Gasteiger partial charge in [0.1, 0.15) is 12.4 Å². The van der Waals surface area contributed by atoms with Crippen LogP contribution in [0.15, 0.2) is 6.33 Å². The number of hydrogen-bond donors (Lipinski definition) is 4. The second kappa shape index (κ2) is 7.22. The molecule has 0 aliphatic heterocycles. The van der Waals surface area contributed by atoms with Crippen molar-refractivity contribution in [2.24, 2.45) is 12.8 Å². The maximum absolute atomic E-state index is 11.8. The first-order valence-electron chi connectivity index (χ1n) is 6.23. The lowest BCUT2D eigenvalue weighted by Gasteiger charge is -2.17. The van der Waals surface area contributed by atoms with Crippen LogP contribution >= 0.6 is 0 Å². The number of urea groups is 1. The molecule has 1 heterocycles. The highest BCUT2D eigenvalue weighted by Gasteiger charge is 2.22. The highest BCUT2D eigenvalue weighted by Crippen LogP contribution is 2.07. The summed E-state index contributed by atoms with van der Waals surface area (Å²) in [6, 6.07) is -2.32. The Labute approximate surface area is 120 Å². The summed E-state index contributed by atoms with van der Waals surface area (Å²) in [5.41, 5.74) is 4.96. The standard InChI is InChI=1S/C11H18N6O4/c1-6(9-16-13-5-17(9)2)14-11(21)15-7(10(19)20)3-4-8(12)18/h5-7H,3-4H2,1-2H3,(H2,12,18)(H,19,20)(H2,14,15,21). The van der Waals surface area contributed by atoms with Gasteiger partial charge >= 0.3 is 12.0 Å². The third-order valence-corrected chi connectivity index (χ3v) is 2.76. The summed E-state index contributed by atoms with van der Waals surface area (Å²) in [7, 11) is 1.72. The van der Waals surface area contributed by atoms with Gasteiger partial charge in [-0.25, -0.2) is 9.59 Å². The minimum absolute atomic E-state index is 0.0730. The second-order valence-corrected chi connectivity index (χ2v) is 4.54. The van der Waals surface area contributed by atoms with E-state index in [-0.39, 0.29) is 12.8 Å². The van der Waals surface area contributed by atoms with Crippen LogP contribution in [0.2, 0.25) is 0 Å². The molecule has 0 bridgehead atoms. The lowest BCUT2D eigenvalue weighted by molar-refractivity contribution is -0.139. The van der Waals surface area contributed by atoms with Crippen LogP contribution in [-0.2, 0) is 16.6 Å². The predicted octanol–water partition coefficient (Wildman–Crippen LogP) is -1.11. The molecule has 5 N–H and O–H groups in total. The number of nitrogens with one attached hydrogen (secondary N) is 2. The zero-order chi connectivity index (χ0) is 16.0. The van der Waals surface area contributed by atoms with Gasteiger partial charge in [0.15, 0.2) is 5.82 Å². The number of aromatic nitrogens is 3. The number of aliphatic carboxylic acids is 1. The van der Waals surface area contributed by atoms with Crippen LogP contribution in [-0.4, -0.2) is 43.8 Å². The molecule has 0 radical (unpaired) electrons. The number of nitrogens with zero attached hydrogens (tertiary/aromatic N) is 3. The lowest BCUT2D eigenvalue weighted by Crippen LogP contribution is -2.47. The van der Waals surface area contributed by atoms with Gasteiger partial charge in [-0.05, 0) is 13.3 Å². The van der Waals surface area contributed by atoms with E-state index in [0.717, 1.165) is 0 Å². The topological polar surface area (TPSA) is 152 Å². The smallest absolute Gasteiger partial charge is 0.326 e. The average Bonchev–Trinajstić information content (AvgIpc) is 2.80. The molecule has 1 aromatic rings. The summed E-state index contributed by atoms with van der Waals surface area (Å²) >= 11 is 0. The minimum atomic E-state index is -1.24. The molecule has 10 nitrogen and oxygen atoms in total. The number of primary amides is 1. The number of carbonyl (C=O) groups excluding carboxylic acids is 2. The van der Waals surface area contributed by atoms with Crippen molar-refractivity contribution in [1.29, 1.82) is 0 Å². The molecular formula is C11H18N6O4. The van der Waals surface area contributed by atoms with Gasteiger partial charge in [-0.3, -0.25) is 4.79 Å². The van der Waals surface area contributed by atoms with E-state index in [4.69, 9.17) is 10.8 Å². The summed E-state index contributed by atoms with van der Waals surface area (Å²) in [6.07, 6.45) is 1.28. The van der Waals surface area contributed by atoms with Gasteiger partial charge in [-0.1, -0.05) is 0 Å². The predicted molar refractivity (Wildman–Crippen MR) is 70.9 cm³/mol. The van der Waals surface area contributed by atoms with E-state index < -0.39 is 30.0 Å². The maximum atomic E-state index is 11.8. The zero-order valence-electron chi connectivity index (χ0n) is 11.7. The van der Waals surface area contributed by atoms with Gasteiger partial charge in [0, 0.05) is 13.5 Å². The van der Waals surface area contributed by atoms with E-state index in [2.05, 4.69) is 20.8 Å². The molecule has 2 unspecified atom stereocenters. The van der Waals surface area contributed by atoms with E-state index in [0.29, 0.717) is 5.82 Å². The quantitative estimate of drug-likeness (QED) is 0.501. The molecule has 21 heavy (non-hydrogen) atoms. The Morgan fingerprint density at radius 2 is 2.10 bits per heavy atom. The van der Waals surface area contributed by atoms with Gasteiger partial charge in [0.05, 0.1) is 6.04 Å². The molecule has 0 spiro atoms. The number of carboxylic acids is 1. The number of nitrogens with two attached hydrogens (primary N) is 1. The van der Waals surface area contributed by atoms with Gasteiger partial charge in [-0.15, -0.1) is 10.2 Å². The fraction of sp³-hybridized carbons (Fsp3) is 0.545. The summed E-state index contributed by atoms with van der Waals surface area (Å²) in [6.45, 7) is 1.68. The van der Waals surface area contributed by atoms with Crippen LogP contribution in [0.4, 0.5) is 4.79 Å². The Morgan fingerprint density at radius 3 is 2.57 bits per heavy atom. The fourth-order valence-corrected chi connectivity index (χ4v) is 1.69. The number of rotatable bonds is 7. The molecule has 0 aliphatic carbocycles. The molecule has 1 rings (SSSR count). The van der Waals surface area contributed by atoms with Crippen LogP contribution in [0.3, 0.4) is 0 Å². The number of carboxylic acid groups (broad SMARTS) is 1. The summed E-state index contributed by atoms with van der Waals surface area (Å²) < 4.78 is 1.63. The number of aryl methyl sites for hydroxylation is 1. The van der Waals surface area contributed by atoms with E-state index >= 15 is 0 Å². The van der Waals surface area contributed by atoms with Crippen molar-refractivity contribution >= 4 is 17.9 Å². The third-order valence-electron chi connectivity index (χ3n) is 2.76. The molecule has 0 aliphatic rings. The van der Waals surface area contributed by atoms with Crippen LogP contribution in [0.1, 0.15) is 31.6 Å². The van der Waals surface area contributed by atoms with Crippen molar-refractivity contribution in [2.75, 3.05) is 0 Å². The van der Waals surface area contributed by atoms with Crippen molar-refractivity contribution < 1.29 is 19.5 Å². The monoisotopic (exact) mass is 298 g/mol. The van der Waals surface area contributed by atoms with Gasteiger partial charge in [0.2, 0.25) is 5.91 Å². The first-order valence-corrected chi connectivity index (χ1v) is 6.23. The molecule has 0 saturated heterocycles. The van der Waals surface area contributed by atoms with Crippen LogP contribution < -0.4 is 16.4 Å². The normalized spacial score (nSPS) is 13.2. The SMILES string of the molecule is CC(NC(=O)NC(CCC(N)=O)C(=O)O)c1nncn1C. The molecule has 0 aromatic carbocycles. The Kier molecular flexibility index (Phi) is 5.64. The molecule has 10 heteroatoms. The maximum Gasteiger partial charge on any atom is 0.326 e. The van der Waals surface area contributed by atoms with Crippen LogP contribution in [0, 0.1) is 0 Å². The first kappa shape index (κ1) is 16.4. The Balaban J connectivity index is 2.56. The van der Waals surface area contributed by atoms with E-state index in [1.807, 2.05) is 0 Å². The summed E-state index contributed by atoms with van der Waals surface area (Å²) in [5.74, 6) is -1.34. The van der Waals surface area contributed by atoms with E-state index in [1.54, 1.807) is 18.5 Å². The van der Waals surface area contributed by atoms with Crippen molar-refractivity contribution in [3.8, 4) is 0 Å². The van der Waals surface area contributed by atoms with Crippen LogP contribution in [0.25, 0.3) is 0 Å². The number of hydrogen-bond acceptors (Lipinski definition) is 5. The van der Waals surface area contributed by atoms with Crippen molar-refractivity contribution in [1.82, 2.24) is 25.4 Å². The zero-order valence-corrected chi connectivity index (χ0v) is 11.7. The second-order valence-electron chi connectivity index (χ2n) is 4.54. The fourth-order valence-electron chi connectivity index (χ4n) is 1.69. The van der Waals surface area contributed by atoms with Crippen molar-refractivity contribution in [2.45, 2.75) is 31.8 Å². The van der Waals surface area contributed by atoms with Crippen molar-refractivity contribution in [3.05, 3.63) is 12.2 Å². The Morgan fingerprint density at radius 1 is 1.43 bits per heavy atom. The highest BCUT2D eigenvalue weighted by molar-refractivity contribution is 5.83. The number of amides is 3. The molecule has 0 saturated carbocycles. The van der Waals surface area contributed by atoms with E-state index in [1.165, 1.54) is 6.33 Å². The molecule has 0 fully saturated rings. The summed E-state index contributed by atoms with van der Waals surface area (Å²) in [5, 5.41) is 21.3. The largest absolute Gasteiger partial charge is 0.480 e. The van der Waals surface area contributed by atoms with Gasteiger partial charge in [0.25, 0.3) is 0 Å². The first-order chi connectivity index (χ1) is 9.81. The Bertz CT molecular complexity index is 529. The molecular weight excluding hydrogens is 280 g/mol. The van der Waals surface area contributed by atoms with Gasteiger partial charge in [-0.2, -0.15) is 0 Å². The lowest BCUT2D eigenvalue weighted by atomic mass is 10.1. The molecule has 2 atom stereocenters. The minimum Gasteiger partial charge on any atom is -0.480 e. The van der Waals surface area contributed by atoms with Crippen LogP contribution in [0.5, 0.6) is 0 Å². The average molecular weight is 298 g/mol. The Hall–Kier alpha value is -2.65. The highest BCUT2D eigenvalue weighted by atomic mass is 16.4. The molecule has 116 valence electrons. The number of carbonyl (C=O) groups is 3. The van der Waals surface area contributed by atoms with Gasteiger partial charge < -0.3 is 26.0 Å². The molecule has 1 aromatic heterocycles. The third kappa shape index (κ3) is 5.09.